The predicted octanol–water partition coefficient (Wildman–Crippen LogP) is 1.98. The Kier molecular flexibility index (Phi) is 14.3. The summed E-state index contributed by atoms with van der Waals surface area (Å²) in [4.78, 5) is 40.5. The average Bonchev–Trinajstić information content (AvgIpc) is 2.90. The smallest absolute Gasteiger partial charge is 0.325 e. The zero-order valence-electron chi connectivity index (χ0n) is 21.8. The highest BCUT2D eigenvalue weighted by molar-refractivity contribution is 6.05. The summed E-state index contributed by atoms with van der Waals surface area (Å²) in [5.74, 6) is 1.56. The maximum Gasteiger partial charge on any atom is 0.325 e. The Morgan fingerprint density at radius 1 is 1.11 bits per heavy atom. The van der Waals surface area contributed by atoms with E-state index in [1.54, 1.807) is 13.0 Å². The number of benzene rings is 2. The molecule has 200 valence electrons. The lowest BCUT2D eigenvalue weighted by atomic mass is 10.0. The highest BCUT2D eigenvalue weighted by atomic mass is 16.2. The first-order chi connectivity index (χ1) is 18.2. The van der Waals surface area contributed by atoms with Crippen molar-refractivity contribution < 1.29 is 14.4 Å². The molecular weight excluding hydrogens is 484 g/mol. The van der Waals surface area contributed by atoms with E-state index in [0.717, 1.165) is 30.6 Å². The summed E-state index contributed by atoms with van der Waals surface area (Å²) in [5, 5.41) is 7.41. The Morgan fingerprint density at radius 3 is 2.24 bits per heavy atom. The van der Waals surface area contributed by atoms with Crippen LogP contribution in [0.15, 0.2) is 64.6 Å². The van der Waals surface area contributed by atoms with Crippen molar-refractivity contribution in [3.8, 4) is 12.3 Å². The lowest BCUT2D eigenvalue weighted by molar-refractivity contribution is -0.109. The number of hydrogen-bond donors (Lipinski definition) is 5. The molecule has 1 heterocycles. The number of carbonyl (C=O) groups excluding carboxylic acids is 3. The second-order valence-electron chi connectivity index (χ2n) is 7.91. The summed E-state index contributed by atoms with van der Waals surface area (Å²) in [7, 11) is 3.67. The van der Waals surface area contributed by atoms with E-state index in [4.69, 9.17) is 21.1 Å². The molecule has 3 rings (SSSR count). The number of terminal acetylenes is 1. The molecule has 0 atom stereocenters. The van der Waals surface area contributed by atoms with Gasteiger partial charge in [0, 0.05) is 25.8 Å². The molecule has 11 nitrogen and oxygen atoms in total. The van der Waals surface area contributed by atoms with E-state index >= 15 is 0 Å². The summed E-state index contributed by atoms with van der Waals surface area (Å²) in [6.07, 6.45) is 8.74. The van der Waals surface area contributed by atoms with E-state index in [1.807, 2.05) is 55.5 Å². The number of anilines is 1. The maximum atomic E-state index is 12.1. The van der Waals surface area contributed by atoms with E-state index in [-0.39, 0.29) is 11.9 Å². The minimum atomic E-state index is -0.510. The second-order valence-corrected chi connectivity index (χ2v) is 7.91. The van der Waals surface area contributed by atoms with Gasteiger partial charge in [-0.25, -0.2) is 9.79 Å². The number of amides is 3. The van der Waals surface area contributed by atoms with Crippen LogP contribution in [0, 0.1) is 19.3 Å². The van der Waals surface area contributed by atoms with Gasteiger partial charge in [-0.15, -0.1) is 6.42 Å². The van der Waals surface area contributed by atoms with Crippen LogP contribution >= 0.6 is 0 Å². The maximum absolute atomic E-state index is 12.1. The van der Waals surface area contributed by atoms with E-state index < -0.39 is 6.03 Å². The molecule has 0 unspecified atom stereocenters. The molecule has 1 aliphatic rings. The highest BCUT2D eigenvalue weighted by Gasteiger charge is 2.10. The topological polar surface area (TPSA) is 167 Å². The van der Waals surface area contributed by atoms with E-state index in [9.17, 15) is 4.79 Å². The molecule has 0 radical (unpaired) electrons. The van der Waals surface area contributed by atoms with Crippen LogP contribution in [0.2, 0.25) is 0 Å². The number of rotatable bonds is 4. The molecular formula is C27H34N8O3. The molecule has 0 aliphatic carbocycles. The van der Waals surface area contributed by atoms with E-state index in [1.165, 1.54) is 5.57 Å². The highest BCUT2D eigenvalue weighted by Crippen LogP contribution is 2.21. The molecule has 0 spiro atoms. The van der Waals surface area contributed by atoms with Gasteiger partial charge in [-0.1, -0.05) is 35.9 Å². The van der Waals surface area contributed by atoms with Gasteiger partial charge in [0.15, 0.2) is 6.29 Å². The number of aliphatic imine (C=N–C) groups is 2. The van der Waals surface area contributed by atoms with Crippen molar-refractivity contribution in [3.63, 3.8) is 0 Å². The van der Waals surface area contributed by atoms with Crippen molar-refractivity contribution in [2.75, 3.05) is 32.5 Å². The summed E-state index contributed by atoms with van der Waals surface area (Å²) >= 11 is 0. The first-order valence-electron chi connectivity index (χ1n) is 11.5. The number of carbonyl (C=O) groups is 3. The zero-order valence-corrected chi connectivity index (χ0v) is 21.8. The van der Waals surface area contributed by atoms with Crippen LogP contribution in [0.5, 0.6) is 0 Å². The normalized spacial score (nSPS) is 13.2. The lowest BCUT2D eigenvalue weighted by Crippen LogP contribution is -2.40. The fourth-order valence-corrected chi connectivity index (χ4v) is 3.08. The number of aldehydes is 1. The number of nitrogens with one attached hydrogen (secondary N) is 3. The molecule has 2 aromatic rings. The number of hydrogen-bond acceptors (Lipinski definition) is 5. The SMILES string of the molecule is C#CC=O.CNC=O.Cc1ccc(N=C(N)/N=C(/N)NC(=O)Nc2ccc(C3=CCCN(C)C3)cc2)cc1. The number of aryl methyl sites for hydroxylation is 1. The van der Waals surface area contributed by atoms with Crippen molar-refractivity contribution in [1.82, 2.24) is 15.5 Å². The standard InChI is InChI=1S/C22H27N7O.C3H2O.C2H5NO/c1-15-5-9-18(10-6-15)25-20(23)27-21(24)28-22(30)26-19-11-7-16(8-12-19)17-4-3-13-29(2)14-17;1-2-3-4;1-3-2-4/h4-12H,3,13-14H2,1-2H3,(H6,23,24,25,26,27,28,30);1,3H;2H,1H3,(H,3,4). The van der Waals surface area contributed by atoms with Crippen molar-refractivity contribution in [3.05, 3.63) is 65.7 Å². The Bertz CT molecular complexity index is 1180. The zero-order chi connectivity index (χ0) is 28.3. The Morgan fingerprint density at radius 2 is 1.71 bits per heavy atom. The molecule has 1 aliphatic heterocycles. The van der Waals surface area contributed by atoms with E-state index in [2.05, 4.69) is 50.4 Å². The van der Waals surface area contributed by atoms with Crippen molar-refractivity contribution in [2.24, 2.45) is 21.5 Å². The third kappa shape index (κ3) is 12.7. The molecule has 0 saturated carbocycles. The third-order valence-electron chi connectivity index (χ3n) is 4.80. The molecule has 38 heavy (non-hydrogen) atoms. The Hall–Kier alpha value is -4.95. The quantitative estimate of drug-likeness (QED) is 0.179. The molecule has 0 bridgehead atoms. The van der Waals surface area contributed by atoms with Gasteiger partial charge in [-0.2, -0.15) is 4.99 Å². The van der Waals surface area contributed by atoms with Gasteiger partial charge in [-0.3, -0.25) is 14.9 Å². The monoisotopic (exact) mass is 518 g/mol. The van der Waals surface area contributed by atoms with Crippen molar-refractivity contribution >= 4 is 47.6 Å². The lowest BCUT2D eigenvalue weighted by Gasteiger charge is -2.23. The van der Waals surface area contributed by atoms with Crippen LogP contribution < -0.4 is 27.4 Å². The molecule has 11 heteroatoms. The fourth-order valence-electron chi connectivity index (χ4n) is 3.08. The Balaban J connectivity index is 0.000000794. The second kappa shape index (κ2) is 17.5. The minimum Gasteiger partial charge on any atom is -0.369 e. The van der Waals surface area contributed by atoms with Crippen molar-refractivity contribution in [1.29, 1.82) is 0 Å². The fraction of sp³-hybridized carbons (Fsp3) is 0.222. The summed E-state index contributed by atoms with van der Waals surface area (Å²) < 4.78 is 0. The first-order valence-corrected chi connectivity index (χ1v) is 11.5. The number of urea groups is 1. The molecule has 2 aromatic carbocycles. The summed E-state index contributed by atoms with van der Waals surface area (Å²) in [6, 6.07) is 14.6. The Labute approximate surface area is 223 Å². The third-order valence-corrected chi connectivity index (χ3v) is 4.80. The average molecular weight is 519 g/mol. The summed E-state index contributed by atoms with van der Waals surface area (Å²) in [6.45, 7) is 3.98. The minimum absolute atomic E-state index is 0.0493. The molecule has 0 aromatic heterocycles. The van der Waals surface area contributed by atoms with Gasteiger partial charge < -0.3 is 27.0 Å². The van der Waals surface area contributed by atoms with Crippen LogP contribution in [0.4, 0.5) is 16.2 Å². The molecule has 7 N–H and O–H groups in total. The van der Waals surface area contributed by atoms with Gasteiger partial charge in [0.1, 0.15) is 0 Å². The van der Waals surface area contributed by atoms with Crippen LogP contribution in [-0.4, -0.2) is 62.7 Å². The van der Waals surface area contributed by atoms with Gasteiger partial charge in [0.2, 0.25) is 18.3 Å². The predicted molar refractivity (Wildman–Crippen MR) is 153 cm³/mol. The van der Waals surface area contributed by atoms with Crippen molar-refractivity contribution in [2.45, 2.75) is 13.3 Å². The van der Waals surface area contributed by atoms with Crippen LogP contribution in [0.3, 0.4) is 0 Å². The largest absolute Gasteiger partial charge is 0.369 e. The molecule has 3 amide bonds. The van der Waals surface area contributed by atoms with Crippen LogP contribution in [-0.2, 0) is 9.59 Å². The number of guanidine groups is 2. The molecule has 0 fully saturated rings. The van der Waals surface area contributed by atoms with Crippen LogP contribution in [0.25, 0.3) is 5.57 Å². The van der Waals surface area contributed by atoms with Gasteiger partial charge in [0.05, 0.1) is 5.69 Å². The number of nitrogens with zero attached hydrogens (tertiary/aromatic N) is 3. The van der Waals surface area contributed by atoms with E-state index in [0.29, 0.717) is 24.1 Å². The van der Waals surface area contributed by atoms with Gasteiger partial charge in [-0.05, 0) is 61.7 Å². The number of nitrogens with two attached hydrogens (primary N) is 2. The summed E-state index contributed by atoms with van der Waals surface area (Å²) in [5.41, 5.74) is 16.4. The van der Waals surface area contributed by atoms with Crippen LogP contribution in [0.1, 0.15) is 17.5 Å². The van der Waals surface area contributed by atoms with Gasteiger partial charge in [0.25, 0.3) is 0 Å². The first kappa shape index (κ1) is 31.1. The molecule has 0 saturated heterocycles. The van der Waals surface area contributed by atoms with Gasteiger partial charge >= 0.3 is 6.03 Å². The number of likely N-dealkylation sites (N-methyl/N-ethyl adjacent to an activating group) is 1.